The highest BCUT2D eigenvalue weighted by Crippen LogP contribution is 2.30. The molecule has 8 heteroatoms. The Kier molecular flexibility index (Phi) is 6.41. The molecule has 0 radical (unpaired) electrons. The summed E-state index contributed by atoms with van der Waals surface area (Å²) in [5.74, 6) is 1.04. The van der Waals surface area contributed by atoms with Crippen molar-refractivity contribution in [2.75, 3.05) is 12.4 Å². The molecule has 4 rings (SSSR count). The van der Waals surface area contributed by atoms with Crippen molar-refractivity contribution < 1.29 is 18.7 Å². The number of methoxy groups -OCH3 is 1. The molecule has 1 aliphatic carbocycles. The number of fused-ring (bicyclic) bond motifs is 1. The fourth-order valence-corrected chi connectivity index (χ4v) is 3.91. The van der Waals surface area contributed by atoms with Crippen LogP contribution in [0.3, 0.4) is 0 Å². The minimum atomic E-state index is -0.333. The van der Waals surface area contributed by atoms with Gasteiger partial charge in [0, 0.05) is 33.3 Å². The van der Waals surface area contributed by atoms with Crippen LogP contribution >= 0.6 is 15.9 Å². The molecule has 0 saturated carbocycles. The van der Waals surface area contributed by atoms with E-state index in [-0.39, 0.29) is 17.6 Å². The summed E-state index contributed by atoms with van der Waals surface area (Å²) in [6.45, 7) is 1.84. The quantitative estimate of drug-likeness (QED) is 0.482. The molecule has 0 aliphatic heterocycles. The van der Waals surface area contributed by atoms with E-state index in [1.54, 1.807) is 55.6 Å². The number of nitrogens with zero attached hydrogens (tertiary/aromatic N) is 1. The van der Waals surface area contributed by atoms with E-state index < -0.39 is 0 Å². The maximum absolute atomic E-state index is 12.8. The third kappa shape index (κ3) is 4.60. The number of furan rings is 1. The predicted molar refractivity (Wildman–Crippen MR) is 125 cm³/mol. The van der Waals surface area contributed by atoms with E-state index in [1.165, 1.54) is 0 Å². The van der Waals surface area contributed by atoms with Crippen LogP contribution in [0.1, 0.15) is 50.6 Å². The Balaban J connectivity index is 1.54. The number of hydrazone groups is 1. The molecule has 2 aromatic carbocycles. The standard InChI is InChI=1S/C24H22BrN3O4/c1-14-21-19(27-28-23(29)15-6-8-16(25)9-7-15)4-3-5-20(21)32-22(14)24(30)26-17-10-12-18(31-2)13-11-17/h6-13H,3-5H2,1-2H3,(H,26,30)(H,28,29)/b27-19+. The van der Waals surface area contributed by atoms with Gasteiger partial charge in [-0.1, -0.05) is 15.9 Å². The van der Waals surface area contributed by atoms with Gasteiger partial charge in [0.05, 0.1) is 12.8 Å². The van der Waals surface area contributed by atoms with Gasteiger partial charge in [-0.05, 0) is 68.3 Å². The van der Waals surface area contributed by atoms with Crippen molar-refractivity contribution in [3.05, 3.63) is 81.2 Å². The second-order valence-electron chi connectivity index (χ2n) is 7.40. The van der Waals surface area contributed by atoms with Gasteiger partial charge in [0.2, 0.25) is 0 Å². The average Bonchev–Trinajstić information content (AvgIpc) is 3.15. The summed E-state index contributed by atoms with van der Waals surface area (Å²) in [5, 5.41) is 7.21. The van der Waals surface area contributed by atoms with Gasteiger partial charge >= 0.3 is 0 Å². The number of anilines is 1. The van der Waals surface area contributed by atoms with E-state index in [4.69, 9.17) is 9.15 Å². The number of rotatable bonds is 5. The Morgan fingerprint density at radius 3 is 2.44 bits per heavy atom. The highest BCUT2D eigenvalue weighted by atomic mass is 79.9. The number of halogens is 1. The molecule has 7 nitrogen and oxygen atoms in total. The number of carbonyl (C=O) groups is 2. The van der Waals surface area contributed by atoms with E-state index >= 15 is 0 Å². The van der Waals surface area contributed by atoms with Crippen LogP contribution in [-0.4, -0.2) is 24.6 Å². The minimum Gasteiger partial charge on any atom is -0.497 e. The third-order valence-corrected chi connectivity index (χ3v) is 5.81. The second-order valence-corrected chi connectivity index (χ2v) is 8.31. The van der Waals surface area contributed by atoms with Crippen LogP contribution in [0, 0.1) is 6.92 Å². The van der Waals surface area contributed by atoms with Crippen LogP contribution in [0.2, 0.25) is 0 Å². The lowest BCUT2D eigenvalue weighted by Crippen LogP contribution is -2.22. The fourth-order valence-electron chi connectivity index (χ4n) is 3.64. The molecule has 1 aliphatic rings. The Bertz CT molecular complexity index is 1180. The van der Waals surface area contributed by atoms with Crippen molar-refractivity contribution in [2.24, 2.45) is 5.10 Å². The van der Waals surface area contributed by atoms with E-state index in [2.05, 4.69) is 31.8 Å². The van der Waals surface area contributed by atoms with E-state index in [1.807, 2.05) is 6.92 Å². The summed E-state index contributed by atoms with van der Waals surface area (Å²) in [4.78, 5) is 25.3. The van der Waals surface area contributed by atoms with Crippen LogP contribution in [0.5, 0.6) is 5.75 Å². The number of benzene rings is 2. The first-order valence-corrected chi connectivity index (χ1v) is 11.0. The molecule has 3 aromatic rings. The van der Waals surface area contributed by atoms with Gasteiger partial charge in [-0.15, -0.1) is 0 Å². The maximum atomic E-state index is 12.8. The molecule has 2 amide bonds. The van der Waals surface area contributed by atoms with Crippen LogP contribution in [0.15, 0.2) is 62.5 Å². The average molecular weight is 496 g/mol. The molecule has 1 heterocycles. The second kappa shape index (κ2) is 9.40. The Hall–Kier alpha value is -3.39. The lowest BCUT2D eigenvalue weighted by molar-refractivity contribution is 0.0953. The van der Waals surface area contributed by atoms with Crippen molar-refractivity contribution in [2.45, 2.75) is 26.2 Å². The smallest absolute Gasteiger partial charge is 0.291 e. The fraction of sp³-hybridized carbons (Fsp3) is 0.208. The molecule has 0 atom stereocenters. The molecule has 0 spiro atoms. The van der Waals surface area contributed by atoms with Gasteiger partial charge < -0.3 is 14.5 Å². The first-order valence-electron chi connectivity index (χ1n) is 10.2. The number of aryl methyl sites for hydroxylation is 1. The molecule has 0 bridgehead atoms. The molecule has 1 aromatic heterocycles. The zero-order chi connectivity index (χ0) is 22.7. The van der Waals surface area contributed by atoms with Gasteiger partial charge in [-0.3, -0.25) is 9.59 Å². The molecule has 0 fully saturated rings. The Morgan fingerprint density at radius 2 is 1.75 bits per heavy atom. The van der Waals surface area contributed by atoms with Gasteiger partial charge in [0.1, 0.15) is 11.5 Å². The Labute approximate surface area is 194 Å². The van der Waals surface area contributed by atoms with Crippen molar-refractivity contribution in [1.82, 2.24) is 5.43 Å². The SMILES string of the molecule is COc1ccc(NC(=O)c2oc3c(c2C)/C(=N/NC(=O)c2ccc(Br)cc2)CCC3)cc1. The zero-order valence-electron chi connectivity index (χ0n) is 17.7. The van der Waals surface area contributed by atoms with Crippen molar-refractivity contribution >= 4 is 39.1 Å². The normalized spacial score (nSPS) is 14.0. The molecule has 0 saturated heterocycles. The zero-order valence-corrected chi connectivity index (χ0v) is 19.3. The van der Waals surface area contributed by atoms with Crippen LogP contribution in [-0.2, 0) is 6.42 Å². The van der Waals surface area contributed by atoms with Crippen molar-refractivity contribution in [3.8, 4) is 5.75 Å². The van der Waals surface area contributed by atoms with Gasteiger partial charge in [-0.25, -0.2) is 5.43 Å². The molecular weight excluding hydrogens is 474 g/mol. The summed E-state index contributed by atoms with van der Waals surface area (Å²) in [5.41, 5.74) is 5.99. The first kappa shape index (κ1) is 21.8. The summed E-state index contributed by atoms with van der Waals surface area (Å²) >= 11 is 3.36. The topological polar surface area (TPSA) is 92.9 Å². The minimum absolute atomic E-state index is 0.250. The number of amides is 2. The van der Waals surface area contributed by atoms with Crippen LogP contribution in [0.4, 0.5) is 5.69 Å². The monoisotopic (exact) mass is 495 g/mol. The molecular formula is C24H22BrN3O4. The lowest BCUT2D eigenvalue weighted by atomic mass is 9.93. The molecule has 32 heavy (non-hydrogen) atoms. The summed E-state index contributed by atoms with van der Waals surface area (Å²) in [7, 11) is 1.59. The van der Waals surface area contributed by atoms with Crippen molar-refractivity contribution in [3.63, 3.8) is 0 Å². The number of ether oxygens (including phenoxy) is 1. The van der Waals surface area contributed by atoms with Crippen LogP contribution in [0.25, 0.3) is 0 Å². The van der Waals surface area contributed by atoms with E-state index in [9.17, 15) is 9.59 Å². The summed E-state index contributed by atoms with van der Waals surface area (Å²) in [6, 6.07) is 14.1. The number of carbonyl (C=O) groups excluding carboxylic acids is 2. The largest absolute Gasteiger partial charge is 0.497 e. The number of hydrogen-bond acceptors (Lipinski definition) is 5. The van der Waals surface area contributed by atoms with Gasteiger partial charge in [0.15, 0.2) is 5.76 Å². The first-order chi connectivity index (χ1) is 15.5. The lowest BCUT2D eigenvalue weighted by Gasteiger charge is -2.13. The van der Waals surface area contributed by atoms with Gasteiger partial charge in [-0.2, -0.15) is 5.10 Å². The summed E-state index contributed by atoms with van der Waals surface area (Å²) < 4.78 is 12.0. The number of hydrogen-bond donors (Lipinski definition) is 2. The molecule has 2 N–H and O–H groups in total. The van der Waals surface area contributed by atoms with E-state index in [0.717, 1.165) is 16.5 Å². The maximum Gasteiger partial charge on any atom is 0.291 e. The molecule has 0 unspecified atom stereocenters. The summed E-state index contributed by atoms with van der Waals surface area (Å²) in [6.07, 6.45) is 2.23. The molecule has 164 valence electrons. The Morgan fingerprint density at radius 1 is 1.03 bits per heavy atom. The highest BCUT2D eigenvalue weighted by Gasteiger charge is 2.28. The highest BCUT2D eigenvalue weighted by molar-refractivity contribution is 9.10. The van der Waals surface area contributed by atoms with Crippen LogP contribution < -0.4 is 15.5 Å². The predicted octanol–water partition coefficient (Wildman–Crippen LogP) is 5.08. The van der Waals surface area contributed by atoms with Crippen molar-refractivity contribution in [1.29, 1.82) is 0 Å². The van der Waals surface area contributed by atoms with E-state index in [0.29, 0.717) is 46.9 Å². The third-order valence-electron chi connectivity index (χ3n) is 5.28. The number of nitrogens with one attached hydrogen (secondary N) is 2. The van der Waals surface area contributed by atoms with Gasteiger partial charge in [0.25, 0.3) is 11.8 Å².